The van der Waals surface area contributed by atoms with Crippen LogP contribution in [0.1, 0.15) is 49.6 Å². The number of hydrogen-bond acceptors (Lipinski definition) is 9. The van der Waals surface area contributed by atoms with E-state index in [9.17, 15) is 19.7 Å². The topological polar surface area (TPSA) is 126 Å². The fraction of sp³-hybridized carbons (Fsp3) is 0.258. The number of nitro benzene ring substituents is 1. The van der Waals surface area contributed by atoms with Gasteiger partial charge < -0.3 is 13.9 Å². The van der Waals surface area contributed by atoms with Crippen molar-refractivity contribution in [3.8, 4) is 17.1 Å². The molecule has 5 rings (SSSR count). The Hall–Kier alpha value is -4.29. The summed E-state index contributed by atoms with van der Waals surface area (Å²) in [7, 11) is 1.54. The third-order valence-electron chi connectivity index (χ3n) is 7.05. The summed E-state index contributed by atoms with van der Waals surface area (Å²) >= 11 is 4.70. The van der Waals surface area contributed by atoms with Crippen molar-refractivity contribution in [2.75, 3.05) is 13.7 Å². The summed E-state index contributed by atoms with van der Waals surface area (Å²) in [6.45, 7) is 5.56. The van der Waals surface area contributed by atoms with Gasteiger partial charge in [0.25, 0.3) is 11.2 Å². The second-order valence-electron chi connectivity index (χ2n) is 9.71. The summed E-state index contributed by atoms with van der Waals surface area (Å²) in [6.07, 6.45) is 2.85. The van der Waals surface area contributed by atoms with Crippen LogP contribution >= 0.6 is 27.3 Å². The third-order valence-corrected chi connectivity index (χ3v) is 8.52. The molecule has 10 nitrogen and oxygen atoms in total. The molecule has 0 saturated carbocycles. The second-order valence-corrected chi connectivity index (χ2v) is 11.6. The molecule has 0 N–H and O–H groups in total. The summed E-state index contributed by atoms with van der Waals surface area (Å²) in [6, 6.07) is 12.8. The number of carbonyl (C=O) groups is 1. The maximum Gasteiger partial charge on any atom is 0.338 e. The van der Waals surface area contributed by atoms with Crippen LogP contribution in [0.5, 0.6) is 5.75 Å². The van der Waals surface area contributed by atoms with Crippen LogP contribution in [0.4, 0.5) is 5.69 Å². The van der Waals surface area contributed by atoms with Crippen molar-refractivity contribution in [1.29, 1.82) is 0 Å². The van der Waals surface area contributed by atoms with Gasteiger partial charge in [0.2, 0.25) is 0 Å². The first-order valence-electron chi connectivity index (χ1n) is 13.6. The van der Waals surface area contributed by atoms with Gasteiger partial charge in [-0.25, -0.2) is 9.79 Å². The number of fused-ring (bicyclic) bond motifs is 1. The summed E-state index contributed by atoms with van der Waals surface area (Å²) in [5.74, 6) is 0.789. The van der Waals surface area contributed by atoms with Crippen LogP contribution < -0.4 is 19.6 Å². The van der Waals surface area contributed by atoms with Crippen LogP contribution in [0, 0.1) is 17.0 Å². The summed E-state index contributed by atoms with van der Waals surface area (Å²) in [5, 5.41) is 11.4. The van der Waals surface area contributed by atoms with Crippen LogP contribution in [0.15, 0.2) is 78.5 Å². The number of rotatable bonds is 9. The van der Waals surface area contributed by atoms with Gasteiger partial charge >= 0.3 is 5.97 Å². The molecule has 0 aliphatic carbocycles. The molecule has 4 aromatic rings. The van der Waals surface area contributed by atoms with E-state index in [0.717, 1.165) is 10.9 Å². The van der Waals surface area contributed by atoms with Gasteiger partial charge in [-0.1, -0.05) is 52.7 Å². The Morgan fingerprint density at radius 2 is 2.02 bits per heavy atom. The number of nitrogens with zero attached hydrogens (tertiary/aromatic N) is 3. The number of allylic oxidation sites excluding steroid dienone is 1. The zero-order valence-electron chi connectivity index (χ0n) is 23.9. The predicted molar refractivity (Wildman–Crippen MR) is 166 cm³/mol. The predicted octanol–water partition coefficient (Wildman–Crippen LogP) is 5.83. The van der Waals surface area contributed by atoms with Gasteiger partial charge in [0, 0.05) is 33.3 Å². The van der Waals surface area contributed by atoms with Gasteiger partial charge in [-0.05, 0) is 50.6 Å². The molecule has 0 saturated heterocycles. The van der Waals surface area contributed by atoms with Crippen molar-refractivity contribution < 1.29 is 23.6 Å². The van der Waals surface area contributed by atoms with Crippen molar-refractivity contribution in [2.24, 2.45) is 4.99 Å². The van der Waals surface area contributed by atoms with Crippen LogP contribution in [-0.4, -0.2) is 29.2 Å². The number of halogens is 1. The van der Waals surface area contributed by atoms with Crippen molar-refractivity contribution in [3.05, 3.63) is 111 Å². The lowest BCUT2D eigenvalue weighted by atomic mass is 9.93. The number of methoxy groups -OCH3 is 1. The zero-order chi connectivity index (χ0) is 30.8. The Morgan fingerprint density at radius 3 is 2.72 bits per heavy atom. The van der Waals surface area contributed by atoms with Crippen molar-refractivity contribution in [2.45, 2.75) is 39.7 Å². The Balaban J connectivity index is 1.70. The minimum absolute atomic E-state index is 0.00739. The van der Waals surface area contributed by atoms with E-state index in [1.54, 1.807) is 50.3 Å². The highest BCUT2D eigenvalue weighted by Crippen LogP contribution is 2.38. The lowest BCUT2D eigenvalue weighted by Crippen LogP contribution is -2.40. The molecule has 3 heterocycles. The molecule has 0 radical (unpaired) electrons. The first kappa shape index (κ1) is 30.2. The Morgan fingerprint density at radius 1 is 1.23 bits per heavy atom. The van der Waals surface area contributed by atoms with Gasteiger partial charge in [0.1, 0.15) is 23.3 Å². The number of furan rings is 1. The van der Waals surface area contributed by atoms with Gasteiger partial charge in [-0.15, -0.1) is 0 Å². The highest BCUT2D eigenvalue weighted by Gasteiger charge is 2.36. The molecule has 2 aromatic heterocycles. The van der Waals surface area contributed by atoms with Gasteiger partial charge in [0.15, 0.2) is 4.80 Å². The Labute approximate surface area is 258 Å². The fourth-order valence-corrected chi connectivity index (χ4v) is 6.51. The maximum absolute atomic E-state index is 14.1. The summed E-state index contributed by atoms with van der Waals surface area (Å²) < 4.78 is 19.8. The molecular weight excluding hydrogens is 638 g/mol. The monoisotopic (exact) mass is 665 g/mol. The van der Waals surface area contributed by atoms with Crippen LogP contribution in [0.2, 0.25) is 0 Å². The van der Waals surface area contributed by atoms with E-state index in [1.807, 2.05) is 19.1 Å². The number of esters is 1. The molecule has 222 valence electrons. The summed E-state index contributed by atoms with van der Waals surface area (Å²) in [4.78, 5) is 43.7. The number of nitro groups is 1. The van der Waals surface area contributed by atoms with Crippen LogP contribution in [0.3, 0.4) is 0 Å². The molecule has 1 aliphatic rings. The smallest absolute Gasteiger partial charge is 0.338 e. The fourth-order valence-electron chi connectivity index (χ4n) is 5.13. The van der Waals surface area contributed by atoms with Crippen LogP contribution in [0.25, 0.3) is 17.4 Å². The standard InChI is InChI=1S/C31H28BrN3O7S/c1-5-8-22-27(30(37)41-6-2)28(21-15-18(32)11-13-24(21)40-4)34-29(36)26(43-31(34)33-22)16-19-12-14-25(42-19)20-9-7-10-23(17(20)3)35(38)39/h7,9-16,28H,5-6,8H2,1-4H3/b26-16+/t28-/m1/s1. The quantitative estimate of drug-likeness (QED) is 0.125. The first-order chi connectivity index (χ1) is 20.7. The number of carbonyl (C=O) groups excluding carboxylic acids is 1. The number of thiazole rings is 1. The highest BCUT2D eigenvalue weighted by atomic mass is 79.9. The Bertz CT molecular complexity index is 1950. The SMILES string of the molecule is CCCC1=C(C(=O)OCC)[C@@H](c2cc(Br)ccc2OC)n2c(s/c(=C/c3ccc(-c4cccc([N+](=O)[O-])c4C)o3)c2=O)=N1. The maximum atomic E-state index is 14.1. The minimum atomic E-state index is -0.842. The number of hydrogen-bond donors (Lipinski definition) is 0. The minimum Gasteiger partial charge on any atom is -0.496 e. The van der Waals surface area contributed by atoms with Crippen molar-refractivity contribution in [3.63, 3.8) is 0 Å². The molecule has 43 heavy (non-hydrogen) atoms. The van der Waals surface area contributed by atoms with Crippen molar-refractivity contribution >= 4 is 45.0 Å². The normalized spacial score (nSPS) is 14.8. The van der Waals surface area contributed by atoms with E-state index < -0.39 is 16.9 Å². The molecule has 0 fully saturated rings. The van der Waals surface area contributed by atoms with Gasteiger partial charge in [0.05, 0.1) is 34.4 Å². The molecule has 2 aromatic carbocycles. The molecular formula is C31H28BrN3O7S. The molecule has 0 unspecified atom stereocenters. The molecule has 0 amide bonds. The molecule has 1 aliphatic heterocycles. The average molecular weight is 667 g/mol. The molecule has 0 spiro atoms. The van der Waals surface area contributed by atoms with E-state index in [-0.39, 0.29) is 17.9 Å². The highest BCUT2D eigenvalue weighted by molar-refractivity contribution is 9.10. The number of benzene rings is 2. The molecule has 12 heteroatoms. The third kappa shape index (κ3) is 5.72. The van der Waals surface area contributed by atoms with Crippen molar-refractivity contribution in [1.82, 2.24) is 4.57 Å². The van der Waals surface area contributed by atoms with E-state index in [1.165, 1.54) is 29.1 Å². The largest absolute Gasteiger partial charge is 0.496 e. The summed E-state index contributed by atoms with van der Waals surface area (Å²) in [5.41, 5.74) is 2.15. The average Bonchev–Trinajstić information content (AvgIpc) is 3.56. The van der Waals surface area contributed by atoms with E-state index in [0.29, 0.717) is 61.0 Å². The molecule has 0 bridgehead atoms. The van der Waals surface area contributed by atoms with Gasteiger partial charge in [-0.2, -0.15) is 0 Å². The number of ether oxygens (including phenoxy) is 2. The number of aromatic nitrogens is 1. The second kappa shape index (κ2) is 12.5. The van der Waals surface area contributed by atoms with E-state index in [4.69, 9.17) is 18.9 Å². The van der Waals surface area contributed by atoms with E-state index in [2.05, 4.69) is 15.9 Å². The van der Waals surface area contributed by atoms with Crippen LogP contribution in [-0.2, 0) is 9.53 Å². The lowest BCUT2D eigenvalue weighted by Gasteiger charge is -2.27. The first-order valence-corrected chi connectivity index (χ1v) is 15.2. The Kier molecular flexibility index (Phi) is 8.79. The van der Waals surface area contributed by atoms with Gasteiger partial charge in [-0.3, -0.25) is 19.5 Å². The lowest BCUT2D eigenvalue weighted by molar-refractivity contribution is -0.385. The van der Waals surface area contributed by atoms with E-state index >= 15 is 0 Å². The molecule has 1 atom stereocenters. The zero-order valence-corrected chi connectivity index (χ0v) is 26.3.